The third kappa shape index (κ3) is 3.48. The monoisotopic (exact) mass is 348 g/mol. The van der Waals surface area contributed by atoms with Gasteiger partial charge in [-0.3, -0.25) is 9.35 Å². The maximum Gasteiger partial charge on any atom is 0.400 e. The molecule has 4 atom stereocenters. The Balaban J connectivity index is 1.78. The van der Waals surface area contributed by atoms with Gasteiger partial charge >= 0.3 is 21.3 Å². The first kappa shape index (κ1) is 16.9. The van der Waals surface area contributed by atoms with E-state index in [1.54, 1.807) is 11.8 Å². The average molecular weight is 348 g/mol. The molecule has 0 saturated carbocycles. The highest BCUT2D eigenvalue weighted by Crippen LogP contribution is 2.49. The van der Waals surface area contributed by atoms with Crippen LogP contribution in [0.15, 0.2) is 0 Å². The fourth-order valence-corrected chi connectivity index (χ4v) is 4.80. The number of ether oxygens (including phenoxy) is 1. The maximum absolute atomic E-state index is 13.2. The predicted octanol–water partition coefficient (Wildman–Crippen LogP) is 2.02. The number of alkyl halides is 3. The standard InChI is InChI=1S/C11H15F3O5S2/c12-9(11(13,14)21(16,17)18)3-4-19-10(15)7-5-6-1-2-8(7)20-6/h6-9H,1-5H2,(H,16,17,18). The Labute approximate surface area is 124 Å². The molecule has 2 aliphatic heterocycles. The van der Waals surface area contributed by atoms with E-state index in [4.69, 9.17) is 9.29 Å². The van der Waals surface area contributed by atoms with E-state index >= 15 is 0 Å². The molecule has 2 bridgehead atoms. The van der Waals surface area contributed by atoms with E-state index in [0.29, 0.717) is 11.7 Å². The fraction of sp³-hybridized carbons (Fsp3) is 0.909. The Hall–Kier alpha value is -0.480. The van der Waals surface area contributed by atoms with Gasteiger partial charge in [0, 0.05) is 16.9 Å². The van der Waals surface area contributed by atoms with Crippen molar-refractivity contribution in [3.63, 3.8) is 0 Å². The summed E-state index contributed by atoms with van der Waals surface area (Å²) in [6, 6.07) is 0. The topological polar surface area (TPSA) is 80.7 Å². The van der Waals surface area contributed by atoms with Crippen molar-refractivity contribution >= 4 is 27.8 Å². The lowest BCUT2D eigenvalue weighted by Crippen LogP contribution is -2.39. The molecule has 2 rings (SSSR count). The van der Waals surface area contributed by atoms with E-state index < -0.39 is 40.5 Å². The van der Waals surface area contributed by atoms with Crippen LogP contribution in [-0.2, 0) is 19.6 Å². The van der Waals surface area contributed by atoms with Crippen LogP contribution in [0.1, 0.15) is 25.7 Å². The van der Waals surface area contributed by atoms with Crippen LogP contribution in [0.25, 0.3) is 0 Å². The first-order valence-corrected chi connectivity index (χ1v) is 8.82. The number of fused-ring (bicyclic) bond motifs is 2. The lowest BCUT2D eigenvalue weighted by atomic mass is 9.89. The second kappa shape index (κ2) is 5.96. The van der Waals surface area contributed by atoms with Gasteiger partial charge in [0.25, 0.3) is 0 Å². The number of hydrogen-bond donors (Lipinski definition) is 1. The minimum Gasteiger partial charge on any atom is -0.465 e. The number of hydrogen-bond acceptors (Lipinski definition) is 5. The number of thioether (sulfide) groups is 1. The summed E-state index contributed by atoms with van der Waals surface area (Å²) in [6.07, 6.45) is -1.50. The molecule has 0 spiro atoms. The van der Waals surface area contributed by atoms with Crippen molar-refractivity contribution in [3.8, 4) is 0 Å². The zero-order valence-corrected chi connectivity index (χ0v) is 12.5. The van der Waals surface area contributed by atoms with Gasteiger partial charge in [-0.05, 0) is 19.3 Å². The average Bonchev–Trinajstić information content (AvgIpc) is 2.99. The second-order valence-corrected chi connectivity index (χ2v) is 8.22. The first-order chi connectivity index (χ1) is 9.63. The molecule has 21 heavy (non-hydrogen) atoms. The quantitative estimate of drug-likeness (QED) is 0.584. The van der Waals surface area contributed by atoms with E-state index in [0.717, 1.165) is 12.8 Å². The van der Waals surface area contributed by atoms with Gasteiger partial charge in [-0.15, -0.1) is 0 Å². The molecular weight excluding hydrogens is 333 g/mol. The molecule has 2 heterocycles. The molecule has 0 aromatic carbocycles. The van der Waals surface area contributed by atoms with E-state index in [2.05, 4.69) is 0 Å². The van der Waals surface area contributed by atoms with Crippen LogP contribution in [0.4, 0.5) is 13.2 Å². The normalized spacial score (nSPS) is 30.4. The first-order valence-electron chi connectivity index (χ1n) is 6.44. The van der Waals surface area contributed by atoms with Crippen molar-refractivity contribution in [1.82, 2.24) is 0 Å². The summed E-state index contributed by atoms with van der Waals surface area (Å²) in [5.74, 6) is -0.856. The van der Waals surface area contributed by atoms with Crippen LogP contribution in [-0.4, -0.2) is 47.5 Å². The number of halogens is 3. The van der Waals surface area contributed by atoms with Crippen LogP contribution >= 0.6 is 11.8 Å². The highest BCUT2D eigenvalue weighted by Gasteiger charge is 2.52. The fourth-order valence-electron chi connectivity index (χ4n) is 2.59. The lowest BCUT2D eigenvalue weighted by molar-refractivity contribution is -0.150. The second-order valence-electron chi connectivity index (χ2n) is 5.18. The van der Waals surface area contributed by atoms with Gasteiger partial charge < -0.3 is 4.74 Å². The number of rotatable bonds is 6. The molecule has 0 aromatic heterocycles. The Kier molecular flexibility index (Phi) is 4.79. The van der Waals surface area contributed by atoms with Gasteiger partial charge in [-0.25, -0.2) is 4.39 Å². The van der Waals surface area contributed by atoms with Gasteiger partial charge in [-0.2, -0.15) is 29.0 Å². The third-order valence-electron chi connectivity index (χ3n) is 3.73. The maximum atomic E-state index is 13.2. The molecule has 2 fully saturated rings. The van der Waals surface area contributed by atoms with Crippen LogP contribution < -0.4 is 0 Å². The molecule has 0 amide bonds. The molecule has 5 nitrogen and oxygen atoms in total. The summed E-state index contributed by atoms with van der Waals surface area (Å²) in [7, 11) is -5.83. The molecule has 2 aliphatic rings. The summed E-state index contributed by atoms with van der Waals surface area (Å²) in [5, 5.41) is -4.31. The van der Waals surface area contributed by atoms with E-state index in [1.807, 2.05) is 0 Å². The van der Waals surface area contributed by atoms with Crippen molar-refractivity contribution in [1.29, 1.82) is 0 Å². The Morgan fingerprint density at radius 1 is 1.43 bits per heavy atom. The number of carbonyl (C=O) groups excluding carboxylic acids is 1. The van der Waals surface area contributed by atoms with Crippen molar-refractivity contribution in [3.05, 3.63) is 0 Å². The summed E-state index contributed by atoms with van der Waals surface area (Å²) < 4.78 is 72.7. The van der Waals surface area contributed by atoms with Crippen LogP contribution in [0, 0.1) is 5.92 Å². The van der Waals surface area contributed by atoms with Gasteiger partial charge in [0.05, 0.1) is 12.5 Å². The molecule has 10 heteroatoms. The molecule has 1 N–H and O–H groups in total. The van der Waals surface area contributed by atoms with Crippen LogP contribution in [0.3, 0.4) is 0 Å². The molecular formula is C11H15F3O5S2. The molecule has 0 radical (unpaired) electrons. The highest BCUT2D eigenvalue weighted by molar-refractivity contribution is 8.01. The molecule has 2 saturated heterocycles. The highest BCUT2D eigenvalue weighted by atomic mass is 32.2. The summed E-state index contributed by atoms with van der Waals surface area (Å²) in [4.78, 5) is 11.8. The molecule has 4 unspecified atom stereocenters. The number of carbonyl (C=O) groups is 1. The smallest absolute Gasteiger partial charge is 0.400 e. The minimum absolute atomic E-state index is 0.169. The zero-order chi connectivity index (χ0) is 15.8. The van der Waals surface area contributed by atoms with Crippen LogP contribution in [0.2, 0.25) is 0 Å². The number of esters is 1. The van der Waals surface area contributed by atoms with Gasteiger partial charge in [0.1, 0.15) is 0 Å². The van der Waals surface area contributed by atoms with E-state index in [9.17, 15) is 26.4 Å². The zero-order valence-electron chi connectivity index (χ0n) is 10.9. The summed E-state index contributed by atoms with van der Waals surface area (Å²) >= 11 is 1.71. The molecule has 0 aromatic rings. The van der Waals surface area contributed by atoms with Crippen LogP contribution in [0.5, 0.6) is 0 Å². The van der Waals surface area contributed by atoms with Gasteiger partial charge in [0.2, 0.25) is 0 Å². The van der Waals surface area contributed by atoms with E-state index in [-0.39, 0.29) is 11.2 Å². The molecule has 122 valence electrons. The Morgan fingerprint density at radius 2 is 2.10 bits per heavy atom. The summed E-state index contributed by atoms with van der Waals surface area (Å²) in [6.45, 7) is -0.649. The minimum atomic E-state index is -5.83. The molecule has 0 aliphatic carbocycles. The Bertz CT molecular complexity index is 510. The summed E-state index contributed by atoms with van der Waals surface area (Å²) in [5.41, 5.74) is 0. The predicted molar refractivity (Wildman–Crippen MR) is 69.5 cm³/mol. The SMILES string of the molecule is O=C(OCCC(F)C(F)(F)S(=O)(=O)O)C1CC2CCC1S2. The Morgan fingerprint density at radius 3 is 2.57 bits per heavy atom. The third-order valence-corrected chi connectivity index (χ3v) is 6.40. The van der Waals surface area contributed by atoms with E-state index in [1.165, 1.54) is 0 Å². The van der Waals surface area contributed by atoms with Crippen molar-refractivity contribution in [2.75, 3.05) is 6.61 Å². The van der Waals surface area contributed by atoms with Crippen molar-refractivity contribution in [2.24, 2.45) is 5.92 Å². The lowest BCUT2D eigenvalue weighted by Gasteiger charge is -2.20. The van der Waals surface area contributed by atoms with Gasteiger partial charge in [0.15, 0.2) is 6.17 Å². The largest absolute Gasteiger partial charge is 0.465 e. The van der Waals surface area contributed by atoms with Crippen molar-refractivity contribution < 1.29 is 35.7 Å². The van der Waals surface area contributed by atoms with Crippen molar-refractivity contribution in [2.45, 2.75) is 47.6 Å². The van der Waals surface area contributed by atoms with Gasteiger partial charge in [-0.1, -0.05) is 0 Å².